The molecular formula is C17H33N. The summed E-state index contributed by atoms with van der Waals surface area (Å²) in [5.41, 5.74) is 1.11. The van der Waals surface area contributed by atoms with E-state index in [0.29, 0.717) is 0 Å². The molecule has 1 unspecified atom stereocenters. The number of hydrogen-bond donors (Lipinski definition) is 0. The van der Waals surface area contributed by atoms with Crippen molar-refractivity contribution in [1.82, 2.24) is 0 Å². The number of nitrogens with zero attached hydrogens (tertiary/aromatic N) is 1. The molecule has 1 nitrogen and oxygen atoms in total. The van der Waals surface area contributed by atoms with Crippen LogP contribution in [0.3, 0.4) is 0 Å². The molecule has 0 spiro atoms. The van der Waals surface area contributed by atoms with Crippen LogP contribution in [-0.2, 0) is 0 Å². The van der Waals surface area contributed by atoms with Crippen LogP contribution in [0.1, 0.15) is 67.2 Å². The molecule has 1 atom stereocenters. The lowest BCUT2D eigenvalue weighted by molar-refractivity contribution is 0.482. The standard InChI is InChI=1S/C13H23N.C4H10/c1-5-9-12(7-3)11-13(8-4)14-10-6-2;1-4(2)3/h6,8,10,12H,4-5,7,9,11H2,1-3H3;4H,1-3H3/b10-6-,14-13?;. The van der Waals surface area contributed by atoms with E-state index in [0.717, 1.165) is 24.0 Å². The smallest absolute Gasteiger partial charge is 0.0400 e. The predicted molar refractivity (Wildman–Crippen MR) is 86.3 cm³/mol. The highest BCUT2D eigenvalue weighted by molar-refractivity contribution is 5.95. The van der Waals surface area contributed by atoms with Crippen molar-refractivity contribution in [3.63, 3.8) is 0 Å². The minimum absolute atomic E-state index is 0.766. The first-order valence-electron chi connectivity index (χ1n) is 7.31. The van der Waals surface area contributed by atoms with Gasteiger partial charge in [-0.25, -0.2) is 0 Å². The first-order valence-corrected chi connectivity index (χ1v) is 7.31. The molecule has 0 rings (SSSR count). The molecule has 0 radical (unpaired) electrons. The van der Waals surface area contributed by atoms with Crippen molar-refractivity contribution in [3.8, 4) is 0 Å². The van der Waals surface area contributed by atoms with Crippen LogP contribution in [0.5, 0.6) is 0 Å². The zero-order valence-corrected chi connectivity index (χ0v) is 13.4. The largest absolute Gasteiger partial charge is 0.262 e. The summed E-state index contributed by atoms with van der Waals surface area (Å²) in [5.74, 6) is 1.60. The van der Waals surface area contributed by atoms with E-state index in [1.54, 1.807) is 0 Å². The minimum atomic E-state index is 0.766. The van der Waals surface area contributed by atoms with Crippen molar-refractivity contribution in [3.05, 3.63) is 24.9 Å². The van der Waals surface area contributed by atoms with Gasteiger partial charge < -0.3 is 0 Å². The van der Waals surface area contributed by atoms with Crippen molar-refractivity contribution in [1.29, 1.82) is 0 Å². The van der Waals surface area contributed by atoms with Crippen molar-refractivity contribution in [2.45, 2.75) is 67.2 Å². The second kappa shape index (κ2) is 14.2. The third-order valence-electron chi connectivity index (χ3n) is 2.40. The molecule has 106 valence electrons. The van der Waals surface area contributed by atoms with Gasteiger partial charge >= 0.3 is 0 Å². The lowest BCUT2D eigenvalue weighted by Gasteiger charge is -2.12. The molecule has 0 N–H and O–H groups in total. The van der Waals surface area contributed by atoms with Crippen LogP contribution in [0, 0.1) is 11.8 Å². The third kappa shape index (κ3) is 15.1. The molecule has 1 heteroatoms. The Balaban J connectivity index is 0. The van der Waals surface area contributed by atoms with Gasteiger partial charge in [-0.05, 0) is 31.3 Å². The van der Waals surface area contributed by atoms with Crippen molar-refractivity contribution < 1.29 is 0 Å². The molecule has 0 aliphatic heterocycles. The zero-order chi connectivity index (χ0) is 14.4. The molecule has 0 aliphatic carbocycles. The summed E-state index contributed by atoms with van der Waals surface area (Å²) in [6.45, 7) is 16.8. The maximum Gasteiger partial charge on any atom is 0.0400 e. The predicted octanol–water partition coefficient (Wildman–Crippen LogP) is 6.03. The fourth-order valence-corrected chi connectivity index (χ4v) is 1.51. The van der Waals surface area contributed by atoms with E-state index in [9.17, 15) is 0 Å². The van der Waals surface area contributed by atoms with Crippen LogP contribution >= 0.6 is 0 Å². The average molecular weight is 251 g/mol. The molecule has 0 amide bonds. The molecule has 0 bridgehead atoms. The van der Waals surface area contributed by atoms with Gasteiger partial charge in [0.1, 0.15) is 0 Å². The van der Waals surface area contributed by atoms with Gasteiger partial charge in [0.15, 0.2) is 0 Å². The van der Waals surface area contributed by atoms with Crippen LogP contribution < -0.4 is 0 Å². The second-order valence-electron chi connectivity index (χ2n) is 5.31. The molecule has 0 fully saturated rings. The van der Waals surface area contributed by atoms with Crippen LogP contribution in [0.4, 0.5) is 0 Å². The summed E-state index contributed by atoms with van der Waals surface area (Å²) in [6.07, 6.45) is 10.5. The molecule has 0 aromatic heterocycles. The lowest BCUT2D eigenvalue weighted by Crippen LogP contribution is -2.05. The first-order chi connectivity index (χ1) is 8.51. The topological polar surface area (TPSA) is 12.4 Å². The monoisotopic (exact) mass is 251 g/mol. The van der Waals surface area contributed by atoms with E-state index in [2.05, 4.69) is 46.2 Å². The highest BCUT2D eigenvalue weighted by Crippen LogP contribution is 2.16. The van der Waals surface area contributed by atoms with E-state index >= 15 is 0 Å². The number of rotatable bonds is 7. The van der Waals surface area contributed by atoms with Crippen molar-refractivity contribution >= 4 is 5.71 Å². The van der Waals surface area contributed by atoms with Gasteiger partial charge in [-0.15, -0.1) is 0 Å². The summed E-state index contributed by atoms with van der Waals surface area (Å²) in [4.78, 5) is 4.35. The Morgan fingerprint density at radius 2 is 1.78 bits per heavy atom. The maximum absolute atomic E-state index is 4.35. The zero-order valence-electron chi connectivity index (χ0n) is 13.4. The molecule has 0 aromatic carbocycles. The molecule has 0 aromatic rings. The summed E-state index contributed by atoms with van der Waals surface area (Å²) in [6, 6.07) is 0. The van der Waals surface area contributed by atoms with Crippen LogP contribution in [0.2, 0.25) is 0 Å². The Labute approximate surface area is 115 Å². The number of allylic oxidation sites excluding steroid dienone is 2. The van der Waals surface area contributed by atoms with Crippen LogP contribution in [-0.4, -0.2) is 5.71 Å². The van der Waals surface area contributed by atoms with E-state index in [1.807, 2.05) is 25.3 Å². The highest BCUT2D eigenvalue weighted by Gasteiger charge is 2.06. The molecule has 0 aliphatic rings. The van der Waals surface area contributed by atoms with E-state index in [4.69, 9.17) is 0 Å². The summed E-state index contributed by atoms with van der Waals surface area (Å²) < 4.78 is 0. The van der Waals surface area contributed by atoms with Gasteiger partial charge in [0.05, 0.1) is 0 Å². The van der Waals surface area contributed by atoms with Crippen molar-refractivity contribution in [2.24, 2.45) is 16.8 Å². The Bertz CT molecular complexity index is 233. The third-order valence-corrected chi connectivity index (χ3v) is 2.40. The van der Waals surface area contributed by atoms with E-state index in [-0.39, 0.29) is 0 Å². The fraction of sp³-hybridized carbons (Fsp3) is 0.706. The molecule has 0 heterocycles. The number of hydrogen-bond acceptors (Lipinski definition) is 1. The Morgan fingerprint density at radius 1 is 1.22 bits per heavy atom. The van der Waals surface area contributed by atoms with Crippen LogP contribution in [0.25, 0.3) is 0 Å². The Kier molecular flexibility index (Phi) is 15.4. The fourth-order valence-electron chi connectivity index (χ4n) is 1.51. The molecule has 0 saturated heterocycles. The van der Waals surface area contributed by atoms with Gasteiger partial charge in [0.2, 0.25) is 0 Å². The van der Waals surface area contributed by atoms with Crippen molar-refractivity contribution in [2.75, 3.05) is 0 Å². The van der Waals surface area contributed by atoms with E-state index < -0.39 is 0 Å². The van der Waals surface area contributed by atoms with E-state index in [1.165, 1.54) is 19.3 Å². The van der Waals surface area contributed by atoms with Gasteiger partial charge in [-0.3, -0.25) is 4.99 Å². The Morgan fingerprint density at radius 3 is 2.11 bits per heavy atom. The second-order valence-corrected chi connectivity index (χ2v) is 5.31. The highest BCUT2D eigenvalue weighted by atomic mass is 14.7. The first kappa shape index (κ1) is 19.5. The SMILES string of the molecule is C=CC(CC(CC)CCC)=N/C=C\C.CC(C)C. The maximum atomic E-state index is 4.35. The summed E-state index contributed by atoms with van der Waals surface area (Å²) in [7, 11) is 0. The molecular weight excluding hydrogens is 218 g/mol. The van der Waals surface area contributed by atoms with Gasteiger partial charge in [0.25, 0.3) is 0 Å². The Hall–Kier alpha value is -0.850. The molecule has 0 saturated carbocycles. The summed E-state index contributed by atoms with van der Waals surface area (Å²) >= 11 is 0. The number of aliphatic imine (C=N–C) groups is 1. The van der Waals surface area contributed by atoms with Gasteiger partial charge in [-0.2, -0.15) is 0 Å². The normalized spacial score (nSPS) is 13.4. The minimum Gasteiger partial charge on any atom is -0.262 e. The van der Waals surface area contributed by atoms with Gasteiger partial charge in [0, 0.05) is 11.9 Å². The lowest BCUT2D eigenvalue weighted by atomic mass is 9.94. The molecule has 18 heavy (non-hydrogen) atoms. The average Bonchev–Trinajstić information content (AvgIpc) is 2.32. The van der Waals surface area contributed by atoms with Crippen LogP contribution in [0.15, 0.2) is 29.9 Å². The quantitative estimate of drug-likeness (QED) is 0.490. The van der Waals surface area contributed by atoms with Gasteiger partial charge in [-0.1, -0.05) is 66.5 Å². The summed E-state index contributed by atoms with van der Waals surface area (Å²) in [5, 5.41) is 0.